The van der Waals surface area contributed by atoms with Gasteiger partial charge in [0.1, 0.15) is 11.5 Å². The second-order valence-corrected chi connectivity index (χ2v) is 58.8. The number of nitrogens with two attached hydrogens (primary N) is 1. The summed E-state index contributed by atoms with van der Waals surface area (Å²) in [5.74, 6) is 4.36. The van der Waals surface area contributed by atoms with Gasteiger partial charge in [-0.05, 0) is 400 Å². The fourth-order valence-electron chi connectivity index (χ4n) is 32.3. The van der Waals surface area contributed by atoms with Crippen LogP contribution in [0.1, 0.15) is 325 Å². The number of likely N-dealkylation sites (tertiary alicyclic amines) is 5. The molecular weight excluding hydrogens is 2050 g/mol. The van der Waals surface area contributed by atoms with E-state index in [0.717, 1.165) is 237 Å². The number of carbonyl (C=O) groups is 3. The normalized spacial score (nSPS) is 35.0. The molecule has 0 unspecified atom stereocenters. The smallest absolute Gasteiger partial charge is 0.369 e. The Morgan fingerprint density at radius 1 is 0.389 bits per heavy atom. The van der Waals surface area contributed by atoms with Gasteiger partial charge >= 0.3 is 9.15 Å². The number of aryl methyl sites for hydroxylation is 4. The highest BCUT2D eigenvalue weighted by Crippen LogP contribution is 2.66. The van der Waals surface area contributed by atoms with Gasteiger partial charge in [0.15, 0.2) is 0 Å². The topological polar surface area (TPSA) is 291 Å². The molecule has 13 N–H and O–H groups in total. The second-order valence-electron chi connectivity index (χ2n) is 52.3. The third-order valence-corrected chi connectivity index (χ3v) is 40.8. The Balaban J connectivity index is 0.000000113. The molecule has 0 spiro atoms. The van der Waals surface area contributed by atoms with E-state index < -0.39 is 39.9 Å². The Morgan fingerprint density at radius 2 is 0.664 bits per heavy atom. The van der Waals surface area contributed by atoms with Crippen LogP contribution in [0, 0.1) is 75.0 Å². The molecule has 0 aromatic heterocycles. The quantitative estimate of drug-likeness (QED) is 0.0316. The first kappa shape index (κ1) is 112. The van der Waals surface area contributed by atoms with Gasteiger partial charge in [0, 0.05) is 140 Å². The summed E-state index contributed by atoms with van der Waals surface area (Å²) in [6.07, 6.45) is 37.8. The number of piperidine rings is 5. The standard InChI is InChI=1S/C28H36N2O.C25H38N2O.C24H36N2O2.C21H30N2O.C21H27NO2.C4H8O2.C2H4O2.BBr3/c1-20-7-10-23-16-26-28(31)17-24(29-18-21-5-3-2-4-6-21)11-12-27(28,25(23)15-20)13-14-30(26)19-22-8-9-22;1-17(2)15-26-21-8-9-24-10-11-27(16-19-5-6-19)23(25(24,28)14-21)13-20-7-4-18(3)12-22(20)24;1-16(2)14-25-19-7-8-23-9-10-26(15-17-3-4-17)22(24(23,28)13-19)11-18-5-6-20(27)12-21(18)23;1-14-2-5-16-11-19-21(24)12-17(22)6-7-20(21,18(16)10-14)8-9-23(19)13-15-3-4-15;1-14-2-5-16-11-19-21(24)12-17(23)6-7-20(21,18(16)10-14)8-9-22(19)13-15-3-4-15;1-3(2)4(5)6;1-2(3)4;2-1(3)4/h2-7,10,15,22,24,26,29,31H,8-9,11-14,16-19H2,1H3;4,7,12,17,19,21,23,26,28H,5-6,8-11,13-16H2,1-3H3;5-6,12,16-17,19,22,25,27-28H,3-4,7-11,13-15H2,1-2H3;2,5,10,15,17,19,24H,3-4,6-9,11-13,22H2,1H3;2,5,10,15,19,24H,3-4,6-9,11-13H2,1H3;3H,1-2H3,(H,5,6);1H3,(H,3,4);/t24-,26+,27-,28+;21-,23+,24-,25+;19-,22+,23-,24+;17-,19+,20-,21+;19-,20+,21-;;;/m00001.../s1. The third kappa shape index (κ3) is 22.8. The summed E-state index contributed by atoms with van der Waals surface area (Å²) in [5.41, 5.74) is 23.2. The van der Waals surface area contributed by atoms with E-state index in [9.17, 15) is 40.2 Å². The van der Waals surface area contributed by atoms with Crippen molar-refractivity contribution in [2.24, 2.45) is 53.1 Å². The van der Waals surface area contributed by atoms with Crippen molar-refractivity contribution >= 4 is 68.2 Å². The summed E-state index contributed by atoms with van der Waals surface area (Å²) in [7, 11) is 0. The molecule has 814 valence electrons. The molecule has 5 heterocycles. The fourth-order valence-corrected chi connectivity index (χ4v) is 32.3. The molecule has 15 fully saturated rings. The van der Waals surface area contributed by atoms with Gasteiger partial charge in [0.05, 0.1) is 33.9 Å². The Bertz CT molecular complexity index is 5570. The summed E-state index contributed by atoms with van der Waals surface area (Å²) in [5, 5.41) is 98.4. The van der Waals surface area contributed by atoms with Gasteiger partial charge in [-0.25, -0.2) is 0 Å². The molecule has 20 nitrogen and oxygen atoms in total. The minimum Gasteiger partial charge on any atom is -0.508 e. The summed E-state index contributed by atoms with van der Waals surface area (Å²) in [4.78, 5) is 44.1. The number of ketones is 1. The number of carbonyl (C=O) groups excluding carboxylic acids is 1. The number of carboxylic acids is 2. The summed E-state index contributed by atoms with van der Waals surface area (Å²) < 4.78 is 0.271. The van der Waals surface area contributed by atoms with Gasteiger partial charge in [-0.3, -0.25) is 38.9 Å². The largest absolute Gasteiger partial charge is 0.508 e. The molecule has 149 heavy (non-hydrogen) atoms. The van der Waals surface area contributed by atoms with Gasteiger partial charge in [-0.2, -0.15) is 0 Å². The van der Waals surface area contributed by atoms with E-state index in [0.29, 0.717) is 54.6 Å². The monoisotopic (exact) mass is 2230 g/mol. The number of hydrogen-bond donors (Lipinski definition) is 12. The van der Waals surface area contributed by atoms with Crippen LogP contribution < -0.4 is 21.7 Å². The lowest BCUT2D eigenvalue weighted by Gasteiger charge is -2.65. The van der Waals surface area contributed by atoms with E-state index in [-0.39, 0.29) is 72.2 Å². The lowest BCUT2D eigenvalue weighted by atomic mass is 9.49. The molecular formula is C125H179BBr3N9O11. The highest BCUT2D eigenvalue weighted by atomic mass is 79.9. The van der Waals surface area contributed by atoms with E-state index in [2.05, 4.69) is 252 Å². The first-order valence-corrected chi connectivity index (χ1v) is 61.2. The van der Waals surface area contributed by atoms with E-state index in [4.69, 9.17) is 20.7 Å². The second kappa shape index (κ2) is 45.2. The molecule has 6 aromatic carbocycles. The number of aliphatic carboxylic acids is 2. The maximum Gasteiger partial charge on any atom is 0.369 e. The molecule has 19 atom stereocenters. The van der Waals surface area contributed by atoms with Crippen molar-refractivity contribution in [3.63, 3.8) is 0 Å². The van der Waals surface area contributed by atoms with Crippen LogP contribution in [0.4, 0.5) is 0 Å². The van der Waals surface area contributed by atoms with Crippen LogP contribution in [0.25, 0.3) is 0 Å². The lowest BCUT2D eigenvalue weighted by molar-refractivity contribution is -0.173. The Kier molecular flexibility index (Phi) is 34.0. The molecule has 5 saturated heterocycles. The fraction of sp³-hybridized carbons (Fsp3) is 0.688. The summed E-state index contributed by atoms with van der Waals surface area (Å²) in [6.45, 7) is 36.6. The number of fused-ring (bicyclic) bond motifs is 5. The van der Waals surface area contributed by atoms with Gasteiger partial charge in [0.25, 0.3) is 5.97 Å². The first-order chi connectivity index (χ1) is 71.0. The highest BCUT2D eigenvalue weighted by Gasteiger charge is 2.71. The van der Waals surface area contributed by atoms with Crippen LogP contribution in [0.2, 0.25) is 0 Å². The van der Waals surface area contributed by atoms with Crippen molar-refractivity contribution in [3.05, 3.63) is 205 Å². The average Bonchev–Trinajstić information content (AvgIpc) is 1.69. The molecule has 10 saturated carbocycles. The number of rotatable bonds is 20. The summed E-state index contributed by atoms with van der Waals surface area (Å²) in [6, 6.07) is 46.9. The van der Waals surface area contributed by atoms with Crippen LogP contribution in [-0.2, 0) is 80.1 Å². The van der Waals surface area contributed by atoms with E-state index in [1.54, 1.807) is 13.8 Å². The SMILES string of the molecule is BrB(Br)Br.CC(=O)O.CC(C)C(=O)O.CC(C)CN[C@H]1CC[C@]23CCN(CC4CC4)[C@H](Cc4ccc(O)cc42)[C@]3(O)C1.Cc1ccc2c(c1)[C@@]13CCC(=O)C[C@@]1(O)[C@@H](C2)N(CC1CC1)CC3.Cc1ccc2c(c1)[C@@]13CC[C@H](N)C[C@@]1(O)[C@@H](C2)N(CC1CC1)CC3.Cc1ccc2c(c1)[C@@]13CC[C@H](NCC(C)C)C[C@@]1(O)[C@@H](C2)N(CC1CC1)CC3.Cc1ccc2c(c1)[C@@]13CC[C@H](NCc4ccccc4)C[C@@]1(O)[C@@H](C2)N(CC1CC1)CC3. The zero-order valence-corrected chi connectivity index (χ0v) is 96.4. The van der Waals surface area contributed by atoms with Crippen LogP contribution >= 0.6 is 47.3 Å². The molecule has 0 radical (unpaired) electrons. The van der Waals surface area contributed by atoms with Gasteiger partial charge in [-0.15, -0.1) is 47.3 Å². The minimum atomic E-state index is -0.865. The van der Waals surface area contributed by atoms with E-state index in [1.165, 1.54) is 180 Å². The average molecular weight is 2230 g/mol. The zero-order chi connectivity index (χ0) is 105. The maximum atomic E-state index is 12.6. The Hall–Kier alpha value is -5.33. The number of phenols is 1. The molecule has 26 rings (SSSR count). The molecule has 6 aromatic rings. The number of carboxylic acid groups (broad SMARTS) is 2. The van der Waals surface area contributed by atoms with Crippen molar-refractivity contribution in [2.45, 2.75) is 417 Å². The van der Waals surface area contributed by atoms with Crippen LogP contribution in [-0.4, -0.2) is 247 Å². The van der Waals surface area contributed by atoms with Crippen LogP contribution in [0.5, 0.6) is 5.75 Å². The number of nitrogens with zero attached hydrogens (tertiary/aromatic N) is 5. The number of aromatic hydroxyl groups is 1. The van der Waals surface area contributed by atoms with E-state index in [1.807, 2.05) is 12.1 Å². The highest BCUT2D eigenvalue weighted by molar-refractivity contribution is 9.69. The molecule has 10 bridgehead atoms. The zero-order valence-electron chi connectivity index (χ0n) is 91.6. The number of benzene rings is 6. The predicted octanol–water partition coefficient (Wildman–Crippen LogP) is 19.6. The molecule has 24 heteroatoms. The number of hydrogen-bond acceptors (Lipinski definition) is 18. The van der Waals surface area contributed by atoms with E-state index >= 15 is 0 Å². The van der Waals surface area contributed by atoms with Crippen LogP contribution in [0.3, 0.4) is 0 Å². The van der Waals surface area contributed by atoms with Crippen molar-refractivity contribution in [3.8, 4) is 5.75 Å². The van der Waals surface area contributed by atoms with Crippen molar-refractivity contribution in [1.82, 2.24) is 40.4 Å². The minimum absolute atomic E-state index is 0.0344. The van der Waals surface area contributed by atoms with Crippen molar-refractivity contribution in [2.75, 3.05) is 78.5 Å². The molecule has 0 amide bonds. The number of nitrogens with one attached hydrogen (secondary N) is 3. The van der Waals surface area contributed by atoms with Crippen molar-refractivity contribution < 1.29 is 55.2 Å². The number of phenolic OH excluding ortho intramolecular Hbond substituents is 1. The maximum absolute atomic E-state index is 12.6. The van der Waals surface area contributed by atoms with Crippen molar-refractivity contribution in [1.29, 1.82) is 0 Å². The predicted molar refractivity (Wildman–Crippen MR) is 609 cm³/mol. The summed E-state index contributed by atoms with van der Waals surface area (Å²) >= 11 is 9.31. The molecule has 20 aliphatic rings. The number of halogens is 3. The van der Waals surface area contributed by atoms with Gasteiger partial charge < -0.3 is 62.5 Å². The third-order valence-electron chi connectivity index (χ3n) is 40.8. The Labute approximate surface area is 916 Å². The Morgan fingerprint density at radius 3 is 0.966 bits per heavy atom. The van der Waals surface area contributed by atoms with Crippen LogP contribution in [0.15, 0.2) is 121 Å². The first-order valence-electron chi connectivity index (χ1n) is 58.4. The van der Waals surface area contributed by atoms with Gasteiger partial charge in [-0.1, -0.05) is 173 Å². The lowest BCUT2D eigenvalue weighted by Crippen LogP contribution is -2.74. The molecule has 5 aliphatic heterocycles. The number of Topliss-reactive ketones (excluding diaryl/α,β-unsaturated/α-hetero) is 1. The molecule has 15 aliphatic carbocycles. The number of aliphatic hydroxyl groups is 5. The van der Waals surface area contributed by atoms with Gasteiger partial charge in [0.2, 0.25) is 0 Å².